The second-order valence-corrected chi connectivity index (χ2v) is 4.17. The number of hydrogen-bond donors (Lipinski definition) is 0. The maximum Gasteiger partial charge on any atom is 0.134 e. The van der Waals surface area contributed by atoms with Crippen LogP contribution in [0, 0.1) is 0 Å². The van der Waals surface area contributed by atoms with Crippen molar-refractivity contribution < 1.29 is 9.53 Å². The largest absolute Gasteiger partial charge is 0.496 e. The molecule has 3 heteroatoms. The van der Waals surface area contributed by atoms with Crippen molar-refractivity contribution in [3.05, 3.63) is 30.0 Å². The predicted octanol–water partition coefficient (Wildman–Crippen LogP) is 2.80. The van der Waals surface area contributed by atoms with E-state index in [1.807, 2.05) is 12.1 Å². The van der Waals surface area contributed by atoms with Crippen LogP contribution in [0.15, 0.2) is 24.4 Å². The molecule has 0 atom stereocenters. The molecule has 0 aliphatic heterocycles. The molecule has 0 fully saturated rings. The Morgan fingerprint density at radius 3 is 2.76 bits per heavy atom. The molecule has 0 unspecified atom stereocenters. The molecule has 0 amide bonds. The number of nitrogens with zero attached hydrogens (tertiary/aromatic N) is 1. The summed E-state index contributed by atoms with van der Waals surface area (Å²) in [5, 5.41) is 1.06. The number of aryl methyl sites for hydroxylation is 1. The molecule has 0 bridgehead atoms. The number of methoxy groups -OCH3 is 1. The van der Waals surface area contributed by atoms with E-state index in [0.717, 1.165) is 28.8 Å². The third kappa shape index (κ3) is 2.05. The van der Waals surface area contributed by atoms with Gasteiger partial charge in [0.25, 0.3) is 0 Å². The maximum atomic E-state index is 11.3. The Bertz CT molecular complexity index is 555. The second-order valence-electron chi connectivity index (χ2n) is 4.17. The number of Topliss-reactive ketones (excluding diaryl/α,β-unsaturated/α-hetero) is 1. The minimum Gasteiger partial charge on any atom is -0.496 e. The molecule has 0 radical (unpaired) electrons. The van der Waals surface area contributed by atoms with Crippen LogP contribution in [0.3, 0.4) is 0 Å². The highest BCUT2D eigenvalue weighted by Crippen LogP contribution is 2.30. The van der Waals surface area contributed by atoms with Gasteiger partial charge in [-0.3, -0.25) is 4.79 Å². The van der Waals surface area contributed by atoms with Crippen molar-refractivity contribution in [3.8, 4) is 5.75 Å². The summed E-state index contributed by atoms with van der Waals surface area (Å²) in [5.41, 5.74) is 2.18. The summed E-state index contributed by atoms with van der Waals surface area (Å²) in [6.45, 7) is 4.60. The minimum absolute atomic E-state index is 0.172. The van der Waals surface area contributed by atoms with Crippen LogP contribution in [0.5, 0.6) is 5.75 Å². The minimum atomic E-state index is 0.172. The van der Waals surface area contributed by atoms with E-state index < -0.39 is 0 Å². The lowest BCUT2D eigenvalue weighted by molar-refractivity contribution is -0.116. The molecule has 2 rings (SSSR count). The Morgan fingerprint density at radius 1 is 1.41 bits per heavy atom. The van der Waals surface area contributed by atoms with Crippen LogP contribution in [-0.2, 0) is 17.8 Å². The van der Waals surface area contributed by atoms with E-state index in [1.165, 1.54) is 0 Å². The number of fused-ring (bicyclic) bond motifs is 1. The van der Waals surface area contributed by atoms with E-state index in [0.29, 0.717) is 6.42 Å². The summed E-state index contributed by atoms with van der Waals surface area (Å²) < 4.78 is 7.53. The van der Waals surface area contributed by atoms with Gasteiger partial charge in [0.05, 0.1) is 12.6 Å². The summed E-state index contributed by atoms with van der Waals surface area (Å²) in [6, 6.07) is 5.97. The Balaban J connectivity index is 2.69. The Kier molecular flexibility index (Phi) is 3.18. The zero-order chi connectivity index (χ0) is 12.4. The highest BCUT2D eigenvalue weighted by atomic mass is 16.5. The van der Waals surface area contributed by atoms with Crippen LogP contribution in [0.25, 0.3) is 10.9 Å². The third-order valence-corrected chi connectivity index (χ3v) is 2.95. The van der Waals surface area contributed by atoms with E-state index in [-0.39, 0.29) is 5.78 Å². The van der Waals surface area contributed by atoms with E-state index in [2.05, 4.69) is 23.8 Å². The number of carbonyl (C=O) groups is 1. The topological polar surface area (TPSA) is 31.2 Å². The fourth-order valence-electron chi connectivity index (χ4n) is 2.24. The van der Waals surface area contributed by atoms with Gasteiger partial charge in [0.1, 0.15) is 11.5 Å². The lowest BCUT2D eigenvalue weighted by Gasteiger charge is -2.04. The first kappa shape index (κ1) is 11.7. The summed E-state index contributed by atoms with van der Waals surface area (Å²) in [4.78, 5) is 11.3. The van der Waals surface area contributed by atoms with Crippen molar-refractivity contribution in [2.24, 2.45) is 0 Å². The van der Waals surface area contributed by atoms with Gasteiger partial charge in [-0.2, -0.15) is 0 Å². The molecule has 90 valence electrons. The standard InChI is InChI=1S/C14H17NO2/c1-4-15-9-11(8-10(2)16)14-12(15)6-5-7-13(14)17-3/h5-7,9H,4,8H2,1-3H3. The van der Waals surface area contributed by atoms with Gasteiger partial charge in [0.2, 0.25) is 0 Å². The zero-order valence-corrected chi connectivity index (χ0v) is 10.5. The van der Waals surface area contributed by atoms with Gasteiger partial charge in [-0.1, -0.05) is 6.07 Å². The first-order chi connectivity index (χ1) is 8.17. The highest BCUT2D eigenvalue weighted by molar-refractivity contribution is 5.93. The molecule has 0 saturated carbocycles. The Labute approximate surface area is 101 Å². The molecule has 0 N–H and O–H groups in total. The average Bonchev–Trinajstić information content (AvgIpc) is 2.66. The van der Waals surface area contributed by atoms with Crippen molar-refractivity contribution in [1.82, 2.24) is 4.57 Å². The van der Waals surface area contributed by atoms with E-state index in [4.69, 9.17) is 4.74 Å². The normalized spacial score (nSPS) is 10.8. The zero-order valence-electron chi connectivity index (χ0n) is 10.5. The molecule has 2 aromatic rings. The average molecular weight is 231 g/mol. The van der Waals surface area contributed by atoms with Gasteiger partial charge in [0, 0.05) is 24.5 Å². The van der Waals surface area contributed by atoms with Gasteiger partial charge in [-0.15, -0.1) is 0 Å². The molecule has 0 aliphatic rings. The molecule has 3 nitrogen and oxygen atoms in total. The molecule has 1 heterocycles. The SMILES string of the molecule is CCn1cc(CC(C)=O)c2c(OC)cccc21. The van der Waals surface area contributed by atoms with Crippen molar-refractivity contribution in [3.63, 3.8) is 0 Å². The number of benzene rings is 1. The number of ether oxygens (including phenoxy) is 1. The lowest BCUT2D eigenvalue weighted by atomic mass is 10.1. The van der Waals surface area contributed by atoms with Gasteiger partial charge >= 0.3 is 0 Å². The fourth-order valence-corrected chi connectivity index (χ4v) is 2.24. The van der Waals surface area contributed by atoms with Crippen LogP contribution < -0.4 is 4.74 Å². The fraction of sp³-hybridized carbons (Fsp3) is 0.357. The Morgan fingerprint density at radius 2 is 2.18 bits per heavy atom. The lowest BCUT2D eigenvalue weighted by Crippen LogP contribution is -1.96. The summed E-state index contributed by atoms with van der Waals surface area (Å²) in [7, 11) is 1.66. The van der Waals surface area contributed by atoms with Crippen molar-refractivity contribution in [2.75, 3.05) is 7.11 Å². The van der Waals surface area contributed by atoms with Crippen molar-refractivity contribution in [1.29, 1.82) is 0 Å². The quantitative estimate of drug-likeness (QED) is 0.810. The van der Waals surface area contributed by atoms with Crippen LogP contribution in [0.4, 0.5) is 0 Å². The molecular weight excluding hydrogens is 214 g/mol. The molecular formula is C14H17NO2. The van der Waals surface area contributed by atoms with Crippen LogP contribution >= 0.6 is 0 Å². The molecule has 0 spiro atoms. The predicted molar refractivity (Wildman–Crippen MR) is 68.5 cm³/mol. The second kappa shape index (κ2) is 4.62. The molecule has 17 heavy (non-hydrogen) atoms. The van der Waals surface area contributed by atoms with E-state index in [1.54, 1.807) is 14.0 Å². The Hall–Kier alpha value is -1.77. The van der Waals surface area contributed by atoms with Crippen molar-refractivity contribution in [2.45, 2.75) is 26.8 Å². The van der Waals surface area contributed by atoms with Crippen LogP contribution in [0.1, 0.15) is 19.4 Å². The molecule has 0 saturated heterocycles. The summed E-state index contributed by atoms with van der Waals surface area (Å²) in [6.07, 6.45) is 2.51. The molecule has 1 aromatic heterocycles. The number of ketones is 1. The van der Waals surface area contributed by atoms with Gasteiger partial charge in [-0.05, 0) is 31.5 Å². The van der Waals surface area contributed by atoms with Crippen LogP contribution in [0.2, 0.25) is 0 Å². The smallest absolute Gasteiger partial charge is 0.134 e. The van der Waals surface area contributed by atoms with E-state index in [9.17, 15) is 4.79 Å². The first-order valence-electron chi connectivity index (χ1n) is 5.81. The monoisotopic (exact) mass is 231 g/mol. The maximum absolute atomic E-state index is 11.3. The highest BCUT2D eigenvalue weighted by Gasteiger charge is 2.13. The summed E-state index contributed by atoms with van der Waals surface area (Å²) in [5.74, 6) is 1.01. The first-order valence-corrected chi connectivity index (χ1v) is 5.81. The number of aromatic nitrogens is 1. The molecule has 0 aliphatic carbocycles. The number of hydrogen-bond acceptors (Lipinski definition) is 2. The van der Waals surface area contributed by atoms with Crippen LogP contribution in [-0.4, -0.2) is 17.5 Å². The molecule has 1 aromatic carbocycles. The number of rotatable bonds is 4. The summed E-state index contributed by atoms with van der Waals surface area (Å²) >= 11 is 0. The van der Waals surface area contributed by atoms with Gasteiger partial charge in [0.15, 0.2) is 0 Å². The third-order valence-electron chi connectivity index (χ3n) is 2.95. The van der Waals surface area contributed by atoms with E-state index >= 15 is 0 Å². The van der Waals surface area contributed by atoms with Crippen molar-refractivity contribution >= 4 is 16.7 Å². The number of carbonyl (C=O) groups excluding carboxylic acids is 1. The van der Waals surface area contributed by atoms with Gasteiger partial charge < -0.3 is 9.30 Å². The van der Waals surface area contributed by atoms with Gasteiger partial charge in [-0.25, -0.2) is 0 Å².